The number of hydrogen-bond acceptors (Lipinski definition) is 5. The number of aliphatic hydroxyl groups excluding tert-OH is 1. The van der Waals surface area contributed by atoms with E-state index >= 15 is 0 Å². The molecule has 3 atom stereocenters. The topological polar surface area (TPSA) is 135 Å². The van der Waals surface area contributed by atoms with Crippen LogP contribution in [0.15, 0.2) is 42.5 Å². The van der Waals surface area contributed by atoms with Crippen molar-refractivity contribution >= 4 is 18.9 Å². The molecule has 1 aromatic heterocycles. The number of rotatable bonds is 5. The van der Waals surface area contributed by atoms with Gasteiger partial charge in [-0.05, 0) is 37.0 Å². The second-order valence-electron chi connectivity index (χ2n) is 9.85. The molecule has 196 valence electrons. The van der Waals surface area contributed by atoms with Crippen molar-refractivity contribution in [3.8, 4) is 0 Å². The van der Waals surface area contributed by atoms with Gasteiger partial charge in [-0.25, -0.2) is 0 Å². The van der Waals surface area contributed by atoms with Crippen molar-refractivity contribution in [3.05, 3.63) is 59.4 Å². The van der Waals surface area contributed by atoms with Gasteiger partial charge in [-0.2, -0.15) is 0 Å². The zero-order valence-electron chi connectivity index (χ0n) is 21.0. The van der Waals surface area contributed by atoms with Gasteiger partial charge >= 0.3 is 7.12 Å². The highest BCUT2D eigenvalue weighted by molar-refractivity contribution is 6.43. The largest absolute Gasteiger partial charge is 0.475 e. The Bertz CT molecular complexity index is 937. The molecular formula is C27H40BN3O5. The fourth-order valence-electron chi connectivity index (χ4n) is 4.70. The van der Waals surface area contributed by atoms with Crippen LogP contribution in [0, 0.1) is 0 Å². The van der Waals surface area contributed by atoms with Crippen molar-refractivity contribution in [3.63, 3.8) is 0 Å². The monoisotopic (exact) mass is 497 g/mol. The van der Waals surface area contributed by atoms with Crippen LogP contribution in [0.1, 0.15) is 98.5 Å². The Morgan fingerprint density at radius 2 is 1.53 bits per heavy atom. The first-order valence-electron chi connectivity index (χ1n) is 13.3. The summed E-state index contributed by atoms with van der Waals surface area (Å²) in [5.41, 5.74) is 1.74. The molecule has 2 bridgehead atoms. The Kier molecular flexibility index (Phi) is 11.5. The van der Waals surface area contributed by atoms with Crippen molar-refractivity contribution in [1.29, 1.82) is 0 Å². The van der Waals surface area contributed by atoms with Gasteiger partial charge in [0, 0.05) is 5.69 Å². The number of nitrogens with one attached hydrogen (secondary N) is 3. The number of aromatic nitrogens is 1. The lowest BCUT2D eigenvalue weighted by atomic mass is 9.75. The molecule has 2 heterocycles. The summed E-state index contributed by atoms with van der Waals surface area (Å²) in [6.07, 6.45) is 10.2. The molecule has 0 saturated carbocycles. The Morgan fingerprint density at radius 1 is 0.917 bits per heavy atom. The summed E-state index contributed by atoms with van der Waals surface area (Å²) in [6.45, 7) is 0. The van der Waals surface area contributed by atoms with Crippen LogP contribution >= 0.6 is 0 Å². The number of benzene rings is 1. The summed E-state index contributed by atoms with van der Waals surface area (Å²) in [7, 11) is -1.74. The fourth-order valence-corrected chi connectivity index (χ4v) is 4.70. The molecule has 1 aromatic carbocycles. The van der Waals surface area contributed by atoms with Crippen LogP contribution in [0.3, 0.4) is 0 Å². The third-order valence-corrected chi connectivity index (χ3v) is 6.89. The Balaban J connectivity index is 1.70. The third kappa shape index (κ3) is 9.11. The summed E-state index contributed by atoms with van der Waals surface area (Å²) in [5, 5.41) is 35.8. The maximum atomic E-state index is 13.2. The quantitative estimate of drug-likeness (QED) is 0.353. The first-order chi connectivity index (χ1) is 17.4. The minimum Gasteiger partial charge on any atom is -0.426 e. The predicted octanol–water partition coefficient (Wildman–Crippen LogP) is 3.19. The molecule has 8 nitrogen and oxygen atoms in total. The minimum absolute atomic E-state index is 0.253. The summed E-state index contributed by atoms with van der Waals surface area (Å²) in [5.74, 6) is -1.78. The molecular weight excluding hydrogens is 457 g/mol. The molecule has 2 amide bonds. The maximum Gasteiger partial charge on any atom is 0.475 e. The second kappa shape index (κ2) is 14.8. The van der Waals surface area contributed by atoms with Gasteiger partial charge in [0.2, 0.25) is 5.91 Å². The number of H-pyrrole nitrogens is 1. The average Bonchev–Trinajstić information content (AvgIpc) is 3.36. The van der Waals surface area contributed by atoms with Crippen molar-refractivity contribution in [2.75, 3.05) is 0 Å². The van der Waals surface area contributed by atoms with Crippen LogP contribution in [0.4, 0.5) is 0 Å². The highest BCUT2D eigenvalue weighted by Crippen LogP contribution is 2.21. The fraction of sp³-hybridized carbons (Fsp3) is 0.556. The number of carbonyl (C=O) groups is 2. The van der Waals surface area contributed by atoms with E-state index in [1.54, 1.807) is 12.1 Å². The van der Waals surface area contributed by atoms with E-state index in [2.05, 4.69) is 15.6 Å². The maximum absolute atomic E-state index is 13.2. The van der Waals surface area contributed by atoms with Gasteiger partial charge in [0.05, 0.1) is 12.0 Å². The third-order valence-electron chi connectivity index (χ3n) is 6.89. The smallest absolute Gasteiger partial charge is 0.426 e. The van der Waals surface area contributed by atoms with Crippen LogP contribution < -0.4 is 10.6 Å². The highest BCUT2D eigenvalue weighted by Gasteiger charge is 2.30. The van der Waals surface area contributed by atoms with E-state index in [9.17, 15) is 24.7 Å². The summed E-state index contributed by atoms with van der Waals surface area (Å²) in [4.78, 5) is 29.1. The van der Waals surface area contributed by atoms with Gasteiger partial charge in [0.25, 0.3) is 5.91 Å². The molecule has 0 aliphatic carbocycles. The van der Waals surface area contributed by atoms with Crippen molar-refractivity contribution < 1.29 is 24.7 Å². The van der Waals surface area contributed by atoms with E-state index in [1.807, 2.05) is 30.3 Å². The first kappa shape index (κ1) is 28.0. The van der Waals surface area contributed by atoms with E-state index in [0.29, 0.717) is 18.5 Å². The van der Waals surface area contributed by atoms with E-state index in [-0.39, 0.29) is 12.1 Å². The minimum atomic E-state index is -1.74. The van der Waals surface area contributed by atoms with Crippen LogP contribution in [0.25, 0.3) is 0 Å². The van der Waals surface area contributed by atoms with Gasteiger partial charge in [0.15, 0.2) is 0 Å². The van der Waals surface area contributed by atoms with Gasteiger partial charge < -0.3 is 30.8 Å². The van der Waals surface area contributed by atoms with Gasteiger partial charge in [-0.15, -0.1) is 0 Å². The summed E-state index contributed by atoms with van der Waals surface area (Å²) < 4.78 is 0. The number of hydrogen-bond donors (Lipinski definition) is 6. The number of aliphatic hydroxyl groups is 1. The van der Waals surface area contributed by atoms with E-state index in [1.165, 1.54) is 12.8 Å². The molecule has 1 aliphatic rings. The normalized spacial score (nSPS) is 21.5. The van der Waals surface area contributed by atoms with E-state index in [0.717, 1.165) is 50.5 Å². The first-order valence-corrected chi connectivity index (χ1v) is 13.3. The number of fused-ring (bicyclic) bond motifs is 2. The Labute approximate surface area is 214 Å². The zero-order valence-corrected chi connectivity index (χ0v) is 21.0. The van der Waals surface area contributed by atoms with Crippen molar-refractivity contribution in [2.24, 2.45) is 0 Å². The van der Waals surface area contributed by atoms with Crippen LogP contribution in [0.5, 0.6) is 0 Å². The molecule has 0 fully saturated rings. The lowest BCUT2D eigenvalue weighted by molar-refractivity contribution is -0.123. The zero-order chi connectivity index (χ0) is 25.8. The van der Waals surface area contributed by atoms with Crippen molar-refractivity contribution in [2.45, 2.75) is 95.1 Å². The molecule has 36 heavy (non-hydrogen) atoms. The van der Waals surface area contributed by atoms with Gasteiger partial charge in [-0.1, -0.05) is 88.1 Å². The van der Waals surface area contributed by atoms with Gasteiger partial charge in [-0.3, -0.25) is 9.59 Å². The standard InChI is InChI=1S/C27H40BN3O5/c32-24-16-12-7-5-3-1-2-4-6-11-15-22(30-26(33)23-18-17-21(24)29-23)27(34)31-25(28(35)36)19-20-13-9-8-10-14-20/h8-10,13-14,17-18,22,24-25,29,32,35-36H,1-7,11-12,15-16,19H2,(H,30,33)(H,31,34). The molecule has 9 heteroatoms. The SMILES string of the molecule is O=C1NC(C(=O)NC(Cc2ccccc2)B(O)O)CCCCCCCCCCCC(O)c2ccc1[nH]2. The molecule has 1 aliphatic heterocycles. The molecule has 0 radical (unpaired) electrons. The number of carbonyl (C=O) groups excluding carboxylic acids is 2. The Hall–Kier alpha value is -2.62. The molecule has 2 aromatic rings. The number of aromatic amines is 1. The predicted molar refractivity (Wildman–Crippen MR) is 140 cm³/mol. The molecule has 0 saturated heterocycles. The number of amides is 2. The molecule has 3 rings (SSSR count). The summed E-state index contributed by atoms with van der Waals surface area (Å²) in [6, 6.07) is 11.8. The lowest BCUT2D eigenvalue weighted by Gasteiger charge is -2.23. The van der Waals surface area contributed by atoms with Crippen LogP contribution in [-0.2, 0) is 11.2 Å². The average molecular weight is 497 g/mol. The molecule has 6 N–H and O–H groups in total. The second-order valence-corrected chi connectivity index (χ2v) is 9.85. The summed E-state index contributed by atoms with van der Waals surface area (Å²) >= 11 is 0. The van der Waals surface area contributed by atoms with E-state index in [4.69, 9.17) is 0 Å². The van der Waals surface area contributed by atoms with Crippen LogP contribution in [-0.4, -0.2) is 51.1 Å². The molecule has 3 unspecified atom stereocenters. The Morgan fingerprint density at radius 3 is 2.17 bits per heavy atom. The molecule has 0 spiro atoms. The van der Waals surface area contributed by atoms with Crippen molar-refractivity contribution in [1.82, 2.24) is 15.6 Å². The van der Waals surface area contributed by atoms with Gasteiger partial charge in [0.1, 0.15) is 11.7 Å². The highest BCUT2D eigenvalue weighted by atomic mass is 16.4. The van der Waals surface area contributed by atoms with Crippen LogP contribution in [0.2, 0.25) is 0 Å². The van der Waals surface area contributed by atoms with E-state index < -0.39 is 37.0 Å². The lowest BCUT2D eigenvalue weighted by Crippen LogP contribution is -2.54.